The molecule has 0 bridgehead atoms. The molecule has 0 aromatic heterocycles. The molecule has 0 saturated heterocycles. The molecule has 0 aliphatic carbocycles. The molecule has 1 unspecified atom stereocenters. The van der Waals surface area contributed by atoms with Gasteiger partial charge in [0.25, 0.3) is 0 Å². The van der Waals surface area contributed by atoms with Gasteiger partial charge in [0.15, 0.2) is 0 Å². The molecule has 38 heavy (non-hydrogen) atoms. The fourth-order valence-corrected chi connectivity index (χ4v) is 4.10. The summed E-state index contributed by atoms with van der Waals surface area (Å²) in [6.45, 7) is 3.69. The minimum atomic E-state index is -4.85. The van der Waals surface area contributed by atoms with Gasteiger partial charge in [-0.2, -0.15) is 26.3 Å². The van der Waals surface area contributed by atoms with Crippen LogP contribution in [-0.4, -0.2) is 13.1 Å². The van der Waals surface area contributed by atoms with Crippen molar-refractivity contribution >= 4 is 17.6 Å². The first-order chi connectivity index (χ1) is 17.6. The van der Waals surface area contributed by atoms with E-state index in [-0.39, 0.29) is 28.4 Å². The summed E-state index contributed by atoms with van der Waals surface area (Å²) in [6.07, 6.45) is -9.31. The van der Waals surface area contributed by atoms with Gasteiger partial charge in [-0.05, 0) is 65.4 Å². The van der Waals surface area contributed by atoms with E-state index in [4.69, 9.17) is 21.1 Å². The van der Waals surface area contributed by atoms with Crippen molar-refractivity contribution in [1.29, 1.82) is 0 Å². The summed E-state index contributed by atoms with van der Waals surface area (Å²) < 4.78 is 104. The first kappa shape index (κ1) is 29.3. The third kappa shape index (κ3) is 7.18. The van der Waals surface area contributed by atoms with Gasteiger partial charge in [0.2, 0.25) is 0 Å². The molecule has 11 heteroatoms. The molecule has 0 amide bonds. The number of carbonyl (C=O) groups excluding carboxylic acids is 1. The second kappa shape index (κ2) is 11.2. The van der Waals surface area contributed by atoms with Crippen molar-refractivity contribution in [2.24, 2.45) is 5.92 Å². The number of benzene rings is 3. The summed E-state index contributed by atoms with van der Waals surface area (Å²) in [5, 5.41) is -0.527. The average Bonchev–Trinajstić information content (AvgIpc) is 2.80. The summed E-state index contributed by atoms with van der Waals surface area (Å²) in [5.41, 5.74) is -1.89. The van der Waals surface area contributed by atoms with Gasteiger partial charge in [-0.3, -0.25) is 4.79 Å². The van der Waals surface area contributed by atoms with Crippen molar-refractivity contribution in [1.82, 2.24) is 0 Å². The smallest absolute Gasteiger partial charge is 0.417 e. The van der Waals surface area contributed by atoms with Crippen LogP contribution in [0, 0.1) is 11.7 Å². The number of carbonyl (C=O) groups is 1. The van der Waals surface area contributed by atoms with E-state index >= 15 is 0 Å². The lowest BCUT2D eigenvalue weighted by Crippen LogP contribution is -2.16. The van der Waals surface area contributed by atoms with E-state index in [1.165, 1.54) is 31.4 Å². The van der Waals surface area contributed by atoms with Gasteiger partial charge in [0.1, 0.15) is 17.3 Å². The van der Waals surface area contributed by atoms with Crippen molar-refractivity contribution in [3.8, 4) is 22.6 Å². The number of rotatable bonds is 7. The Hall–Kier alpha value is -3.27. The van der Waals surface area contributed by atoms with Crippen LogP contribution in [0.5, 0.6) is 11.5 Å². The quantitative estimate of drug-likeness (QED) is 0.213. The van der Waals surface area contributed by atoms with Gasteiger partial charge in [-0.1, -0.05) is 37.6 Å². The van der Waals surface area contributed by atoms with E-state index in [2.05, 4.69) is 0 Å². The Balaban J connectivity index is 2.20. The second-order valence-corrected chi connectivity index (χ2v) is 9.37. The largest absolute Gasteiger partial charge is 0.469 e. The minimum absolute atomic E-state index is 0.00273. The molecule has 204 valence electrons. The zero-order chi connectivity index (χ0) is 28.4. The molecule has 3 nitrogen and oxygen atoms in total. The summed E-state index contributed by atoms with van der Waals surface area (Å²) in [5.74, 6) is -3.32. The highest BCUT2D eigenvalue weighted by Crippen LogP contribution is 2.40. The number of hydrogen-bond donors (Lipinski definition) is 0. The minimum Gasteiger partial charge on any atom is -0.469 e. The number of halogens is 8. The van der Waals surface area contributed by atoms with E-state index in [1.54, 1.807) is 0 Å². The Morgan fingerprint density at radius 3 is 2.11 bits per heavy atom. The van der Waals surface area contributed by atoms with E-state index in [9.17, 15) is 35.5 Å². The molecule has 3 aromatic rings. The summed E-state index contributed by atoms with van der Waals surface area (Å²) >= 11 is 5.74. The lowest BCUT2D eigenvalue weighted by atomic mass is 9.88. The highest BCUT2D eigenvalue weighted by molar-refractivity contribution is 6.31. The number of esters is 1. The molecule has 0 radical (unpaired) electrons. The standard InChI is InChI=1S/C27H22ClF7O3/c1-14(2)6-22(25(36)37-3)17-7-16(15-4-5-24(28)23(10-15)27(33,34)35)8-20(9-17)38-21-12-18(26(30,31)32)11-19(29)13-21/h4-5,7-14,22H,6H2,1-3H3. The van der Waals surface area contributed by atoms with Gasteiger partial charge in [0.05, 0.1) is 29.2 Å². The van der Waals surface area contributed by atoms with Crippen molar-refractivity contribution in [3.63, 3.8) is 0 Å². The zero-order valence-electron chi connectivity index (χ0n) is 20.3. The maximum Gasteiger partial charge on any atom is 0.417 e. The predicted molar refractivity (Wildman–Crippen MR) is 128 cm³/mol. The molecular formula is C27H22ClF7O3. The summed E-state index contributed by atoms with van der Waals surface area (Å²) in [7, 11) is 1.18. The lowest BCUT2D eigenvalue weighted by molar-refractivity contribution is -0.143. The van der Waals surface area contributed by atoms with Crippen LogP contribution in [0.1, 0.15) is 42.9 Å². The van der Waals surface area contributed by atoms with Gasteiger partial charge >= 0.3 is 18.3 Å². The maximum absolute atomic E-state index is 13.9. The van der Waals surface area contributed by atoms with Crippen molar-refractivity contribution in [3.05, 3.63) is 82.1 Å². The normalized spacial score (nSPS) is 12.9. The third-order valence-electron chi connectivity index (χ3n) is 5.56. The monoisotopic (exact) mass is 562 g/mol. The van der Waals surface area contributed by atoms with E-state index in [0.29, 0.717) is 18.6 Å². The first-order valence-electron chi connectivity index (χ1n) is 11.2. The lowest BCUT2D eigenvalue weighted by Gasteiger charge is -2.20. The molecule has 0 aliphatic rings. The first-order valence-corrected chi connectivity index (χ1v) is 11.6. The SMILES string of the molecule is COC(=O)C(CC(C)C)c1cc(Oc2cc(F)cc(C(F)(F)F)c2)cc(-c2ccc(Cl)c(C(F)(F)F)c2)c1. The topological polar surface area (TPSA) is 35.5 Å². The van der Waals surface area contributed by atoms with Gasteiger partial charge < -0.3 is 9.47 Å². The second-order valence-electron chi connectivity index (χ2n) is 8.96. The van der Waals surface area contributed by atoms with Crippen LogP contribution in [0.4, 0.5) is 30.7 Å². The summed E-state index contributed by atoms with van der Waals surface area (Å²) in [4.78, 5) is 12.6. The predicted octanol–water partition coefficient (Wildman–Crippen LogP) is 9.28. The molecule has 3 aromatic carbocycles. The molecule has 0 saturated carbocycles. The van der Waals surface area contributed by atoms with E-state index in [1.807, 2.05) is 13.8 Å². The van der Waals surface area contributed by atoms with E-state index in [0.717, 1.165) is 18.2 Å². The highest BCUT2D eigenvalue weighted by atomic mass is 35.5. The molecule has 1 atom stereocenters. The zero-order valence-corrected chi connectivity index (χ0v) is 21.1. The van der Waals surface area contributed by atoms with E-state index < -0.39 is 52.0 Å². The third-order valence-corrected chi connectivity index (χ3v) is 5.89. The number of alkyl halides is 6. The fraction of sp³-hybridized carbons (Fsp3) is 0.296. The molecule has 0 fully saturated rings. The molecule has 0 aliphatic heterocycles. The van der Waals surface area contributed by atoms with Crippen molar-refractivity contribution in [2.45, 2.75) is 38.5 Å². The van der Waals surface area contributed by atoms with Gasteiger partial charge in [-0.15, -0.1) is 0 Å². The van der Waals surface area contributed by atoms with Crippen molar-refractivity contribution < 1.29 is 45.0 Å². The van der Waals surface area contributed by atoms with Crippen LogP contribution in [0.25, 0.3) is 11.1 Å². The number of methoxy groups -OCH3 is 1. The fourth-order valence-electron chi connectivity index (χ4n) is 3.87. The molecule has 0 N–H and O–H groups in total. The van der Waals surface area contributed by atoms with Crippen LogP contribution in [0.3, 0.4) is 0 Å². The average molecular weight is 563 g/mol. The van der Waals surface area contributed by atoms with Crippen LogP contribution in [0.2, 0.25) is 5.02 Å². The van der Waals surface area contributed by atoms with Crippen LogP contribution < -0.4 is 4.74 Å². The maximum atomic E-state index is 13.9. The van der Waals surface area contributed by atoms with Gasteiger partial charge in [0, 0.05) is 6.07 Å². The van der Waals surface area contributed by atoms with Crippen LogP contribution in [0.15, 0.2) is 54.6 Å². The number of ether oxygens (including phenoxy) is 2. The van der Waals surface area contributed by atoms with Crippen molar-refractivity contribution in [2.75, 3.05) is 7.11 Å². The Labute approximate surface area is 219 Å². The summed E-state index contributed by atoms with van der Waals surface area (Å²) in [6, 6.07) is 8.90. The van der Waals surface area contributed by atoms with Crippen LogP contribution in [-0.2, 0) is 21.9 Å². The Bertz CT molecular complexity index is 1320. The highest BCUT2D eigenvalue weighted by Gasteiger charge is 2.34. The molecule has 0 spiro atoms. The molecule has 0 heterocycles. The Morgan fingerprint density at radius 2 is 1.53 bits per heavy atom. The van der Waals surface area contributed by atoms with Crippen LogP contribution >= 0.6 is 11.6 Å². The Kier molecular flexibility index (Phi) is 8.65. The molecular weight excluding hydrogens is 541 g/mol. The van der Waals surface area contributed by atoms with Gasteiger partial charge in [-0.25, -0.2) is 4.39 Å². The number of hydrogen-bond acceptors (Lipinski definition) is 3. The molecule has 3 rings (SSSR count). The Morgan fingerprint density at radius 1 is 0.868 bits per heavy atom.